The van der Waals surface area contributed by atoms with Gasteiger partial charge in [-0.05, 0) is 56.2 Å². The number of benzene rings is 2. The molecular weight excluding hydrogens is 398 g/mol. The van der Waals surface area contributed by atoms with Gasteiger partial charge in [0.05, 0.1) is 23.1 Å². The summed E-state index contributed by atoms with van der Waals surface area (Å²) in [4.78, 5) is 38.6. The maximum absolute atomic E-state index is 13.0. The number of unbranched alkanes of at least 4 members (excludes halogenated alkanes) is 2. The molecule has 3 rings (SSSR count). The molecule has 0 saturated heterocycles. The van der Waals surface area contributed by atoms with E-state index < -0.39 is 16.2 Å². The molecule has 1 aliphatic heterocycles. The molecule has 164 valence electrons. The highest BCUT2D eigenvalue weighted by Gasteiger charge is 2.45. The highest BCUT2D eigenvalue weighted by molar-refractivity contribution is 6.10. The molecule has 0 saturated carbocycles. The second-order valence-electron chi connectivity index (χ2n) is 8.12. The van der Waals surface area contributed by atoms with Crippen molar-refractivity contribution in [1.82, 2.24) is 0 Å². The Kier molecular flexibility index (Phi) is 6.29. The van der Waals surface area contributed by atoms with Crippen LogP contribution in [0.5, 0.6) is 5.75 Å². The summed E-state index contributed by atoms with van der Waals surface area (Å²) < 4.78 is 5.09. The zero-order chi connectivity index (χ0) is 22.8. The quantitative estimate of drug-likeness (QED) is 0.376. The lowest BCUT2D eigenvalue weighted by Gasteiger charge is -2.20. The van der Waals surface area contributed by atoms with Crippen LogP contribution in [-0.2, 0) is 10.2 Å². The van der Waals surface area contributed by atoms with Crippen LogP contribution in [0, 0.1) is 10.1 Å². The van der Waals surface area contributed by atoms with Crippen LogP contribution < -0.4 is 15.0 Å². The second kappa shape index (κ2) is 8.75. The number of amides is 2. The molecule has 1 aliphatic rings. The van der Waals surface area contributed by atoms with Gasteiger partial charge in [0, 0.05) is 18.2 Å². The Bertz CT molecular complexity index is 1010. The molecule has 0 bridgehead atoms. The first-order valence-electron chi connectivity index (χ1n) is 10.3. The van der Waals surface area contributed by atoms with Gasteiger partial charge >= 0.3 is 0 Å². The van der Waals surface area contributed by atoms with Gasteiger partial charge in [0.25, 0.3) is 11.6 Å². The maximum atomic E-state index is 13.0. The average Bonchev–Trinajstić information content (AvgIpc) is 2.93. The fourth-order valence-electron chi connectivity index (χ4n) is 3.79. The Morgan fingerprint density at radius 1 is 1.19 bits per heavy atom. The van der Waals surface area contributed by atoms with Gasteiger partial charge in [-0.1, -0.05) is 19.8 Å². The van der Waals surface area contributed by atoms with Gasteiger partial charge in [-0.25, -0.2) is 0 Å². The number of anilines is 2. The van der Waals surface area contributed by atoms with E-state index in [1.165, 1.54) is 13.2 Å². The fraction of sp³-hybridized carbons (Fsp3) is 0.391. The van der Waals surface area contributed by atoms with E-state index in [4.69, 9.17) is 4.74 Å². The molecule has 2 amide bonds. The van der Waals surface area contributed by atoms with Crippen LogP contribution in [0.25, 0.3) is 0 Å². The van der Waals surface area contributed by atoms with Gasteiger partial charge in [0.1, 0.15) is 11.4 Å². The first-order chi connectivity index (χ1) is 14.7. The predicted molar refractivity (Wildman–Crippen MR) is 119 cm³/mol. The van der Waals surface area contributed by atoms with Crippen LogP contribution in [0.1, 0.15) is 56.0 Å². The van der Waals surface area contributed by atoms with E-state index in [0.717, 1.165) is 19.3 Å². The van der Waals surface area contributed by atoms with Crippen LogP contribution in [0.15, 0.2) is 36.4 Å². The minimum absolute atomic E-state index is 0.0702. The Morgan fingerprint density at radius 3 is 2.45 bits per heavy atom. The first-order valence-corrected chi connectivity index (χ1v) is 10.3. The molecule has 0 spiro atoms. The third-order valence-corrected chi connectivity index (χ3v) is 5.64. The summed E-state index contributed by atoms with van der Waals surface area (Å²) >= 11 is 0. The number of methoxy groups -OCH3 is 1. The van der Waals surface area contributed by atoms with Gasteiger partial charge in [0.15, 0.2) is 0 Å². The number of carbonyl (C=O) groups excluding carboxylic acids is 2. The number of rotatable bonds is 8. The summed E-state index contributed by atoms with van der Waals surface area (Å²) in [5.41, 5.74) is 0.542. The molecule has 2 aromatic carbocycles. The van der Waals surface area contributed by atoms with E-state index >= 15 is 0 Å². The molecule has 8 heteroatoms. The van der Waals surface area contributed by atoms with Gasteiger partial charge in [-0.15, -0.1) is 0 Å². The van der Waals surface area contributed by atoms with E-state index in [1.807, 2.05) is 0 Å². The van der Waals surface area contributed by atoms with Crippen LogP contribution in [0.2, 0.25) is 0 Å². The zero-order valence-electron chi connectivity index (χ0n) is 18.2. The molecule has 8 nitrogen and oxygen atoms in total. The van der Waals surface area contributed by atoms with Crippen molar-refractivity contribution in [3.05, 3.63) is 57.6 Å². The van der Waals surface area contributed by atoms with Crippen molar-refractivity contribution in [3.63, 3.8) is 0 Å². The molecule has 2 aromatic rings. The molecule has 1 heterocycles. The largest absolute Gasteiger partial charge is 0.497 e. The predicted octanol–water partition coefficient (Wildman–Crippen LogP) is 4.67. The molecule has 31 heavy (non-hydrogen) atoms. The standard InChI is InChI=1S/C23H27N3O5/c1-5-6-7-12-25-19-14-20(26(29)30)18(13-17(19)23(2,3)22(25)28)24-21(27)15-8-10-16(31-4)11-9-15/h8-11,13-14H,5-7,12H2,1-4H3,(H,24,27). The van der Waals surface area contributed by atoms with Gasteiger partial charge in [-0.2, -0.15) is 0 Å². The zero-order valence-corrected chi connectivity index (χ0v) is 18.2. The number of carbonyl (C=O) groups is 2. The molecule has 0 unspecified atom stereocenters. The average molecular weight is 425 g/mol. The summed E-state index contributed by atoms with van der Waals surface area (Å²) in [5.74, 6) is 0.0302. The summed E-state index contributed by atoms with van der Waals surface area (Å²) in [5, 5.41) is 14.4. The van der Waals surface area contributed by atoms with E-state index in [1.54, 1.807) is 49.1 Å². The van der Waals surface area contributed by atoms with E-state index in [9.17, 15) is 19.7 Å². The van der Waals surface area contributed by atoms with Gasteiger partial charge < -0.3 is 15.0 Å². The summed E-state index contributed by atoms with van der Waals surface area (Å²) in [6.45, 7) is 6.19. The lowest BCUT2D eigenvalue weighted by atomic mass is 9.85. The van der Waals surface area contributed by atoms with Crippen molar-refractivity contribution in [1.29, 1.82) is 0 Å². The van der Waals surface area contributed by atoms with Crippen LogP contribution >= 0.6 is 0 Å². The Morgan fingerprint density at radius 2 is 1.87 bits per heavy atom. The minimum atomic E-state index is -0.837. The summed E-state index contributed by atoms with van der Waals surface area (Å²) in [6, 6.07) is 9.40. The molecule has 0 atom stereocenters. The topological polar surface area (TPSA) is 102 Å². The molecule has 0 fully saturated rings. The first kappa shape index (κ1) is 22.3. The number of nitro groups is 1. The molecule has 0 aliphatic carbocycles. The van der Waals surface area contributed by atoms with Gasteiger partial charge in [-0.3, -0.25) is 19.7 Å². The van der Waals surface area contributed by atoms with Crippen LogP contribution in [0.3, 0.4) is 0 Å². The highest BCUT2D eigenvalue weighted by Crippen LogP contribution is 2.46. The number of ether oxygens (including phenoxy) is 1. The van der Waals surface area contributed by atoms with Crippen molar-refractivity contribution >= 4 is 28.9 Å². The number of nitro benzene ring substituents is 1. The number of nitrogens with one attached hydrogen (secondary N) is 1. The van der Waals surface area contributed by atoms with Crippen molar-refractivity contribution in [2.75, 3.05) is 23.9 Å². The highest BCUT2D eigenvalue weighted by atomic mass is 16.6. The molecular formula is C23H27N3O5. The normalized spacial score (nSPS) is 14.3. The monoisotopic (exact) mass is 425 g/mol. The molecule has 1 N–H and O–H groups in total. The van der Waals surface area contributed by atoms with Gasteiger partial charge in [0.2, 0.25) is 5.91 Å². The summed E-state index contributed by atoms with van der Waals surface area (Å²) in [6.07, 6.45) is 2.80. The Hall–Kier alpha value is -3.42. The van der Waals surface area contributed by atoms with Crippen molar-refractivity contribution in [2.24, 2.45) is 0 Å². The number of nitrogens with zero attached hydrogens (tertiary/aromatic N) is 2. The molecule has 0 radical (unpaired) electrons. The van der Waals surface area contributed by atoms with Crippen LogP contribution in [0.4, 0.5) is 17.1 Å². The third kappa shape index (κ3) is 4.23. The van der Waals surface area contributed by atoms with Crippen molar-refractivity contribution < 1.29 is 19.2 Å². The SMILES string of the molecule is CCCCCN1C(=O)C(C)(C)c2cc(NC(=O)c3ccc(OC)cc3)c([N+](=O)[O-])cc21. The number of hydrogen-bond donors (Lipinski definition) is 1. The number of hydrogen-bond acceptors (Lipinski definition) is 5. The third-order valence-electron chi connectivity index (χ3n) is 5.64. The smallest absolute Gasteiger partial charge is 0.294 e. The van der Waals surface area contributed by atoms with Crippen LogP contribution in [-0.4, -0.2) is 30.4 Å². The second-order valence-corrected chi connectivity index (χ2v) is 8.12. The lowest BCUT2D eigenvalue weighted by Crippen LogP contribution is -2.36. The van der Waals surface area contributed by atoms with Crippen molar-refractivity contribution in [3.8, 4) is 5.75 Å². The minimum Gasteiger partial charge on any atom is -0.497 e. The number of fused-ring (bicyclic) bond motifs is 1. The van der Waals surface area contributed by atoms with E-state index in [2.05, 4.69) is 12.2 Å². The van der Waals surface area contributed by atoms with E-state index in [0.29, 0.717) is 29.1 Å². The summed E-state index contributed by atoms with van der Waals surface area (Å²) in [7, 11) is 1.53. The Balaban J connectivity index is 1.98. The Labute approximate surface area is 181 Å². The van der Waals surface area contributed by atoms with E-state index in [-0.39, 0.29) is 17.3 Å². The lowest BCUT2D eigenvalue weighted by molar-refractivity contribution is -0.383. The fourth-order valence-corrected chi connectivity index (χ4v) is 3.79. The van der Waals surface area contributed by atoms with Crippen molar-refractivity contribution in [2.45, 2.75) is 45.4 Å². The maximum Gasteiger partial charge on any atom is 0.294 e. The molecule has 0 aromatic heterocycles.